The Morgan fingerprint density at radius 2 is 1.73 bits per heavy atom. The van der Waals surface area contributed by atoms with Crippen LogP contribution in [0.25, 0.3) is 0 Å². The third-order valence-corrected chi connectivity index (χ3v) is 10.4. The fraction of sp³-hybridized carbons (Fsp3) is 0.880. The van der Waals surface area contributed by atoms with Crippen LogP contribution < -0.4 is 5.73 Å². The van der Waals surface area contributed by atoms with Gasteiger partial charge in [0.2, 0.25) is 0 Å². The Morgan fingerprint density at radius 3 is 2.19 bits per heavy atom. The molecule has 2 radical (unpaired) electrons. The van der Waals surface area contributed by atoms with Crippen LogP contribution in [0.3, 0.4) is 0 Å². The first-order valence-corrected chi connectivity index (χ1v) is 12.4. The molecule has 4 rings (SSSR count). The first-order valence-electron chi connectivity index (χ1n) is 12.4. The minimum absolute atomic E-state index is 0. The number of aliphatic hydroxyl groups excluding tert-OH is 3. The van der Waals surface area contributed by atoms with Crippen LogP contribution in [-0.2, 0) is 14.4 Å². The monoisotopic (exact) mass is 953 g/mol. The quantitative estimate of drug-likeness (QED) is 0.113. The van der Waals surface area contributed by atoms with E-state index in [1.165, 1.54) is 0 Å². The summed E-state index contributed by atoms with van der Waals surface area (Å²) in [7, 11) is 0. The van der Waals surface area contributed by atoms with Crippen molar-refractivity contribution in [3.63, 3.8) is 0 Å². The van der Waals surface area contributed by atoms with Crippen molar-refractivity contribution in [3.05, 3.63) is 11.1 Å². The van der Waals surface area contributed by atoms with Gasteiger partial charge >= 0.3 is 0 Å². The van der Waals surface area contributed by atoms with Gasteiger partial charge in [0.15, 0.2) is 5.78 Å². The van der Waals surface area contributed by atoms with Crippen LogP contribution >= 0.6 is 0 Å². The van der Waals surface area contributed by atoms with Crippen molar-refractivity contribution in [1.82, 2.24) is 0 Å². The maximum absolute atomic E-state index is 14.0. The number of Topliss-reactive ketones (excluding diaryl/α,β-unsaturated/α-hetero) is 1. The van der Waals surface area contributed by atoms with Gasteiger partial charge in [-0.1, -0.05) is 26.3 Å². The van der Waals surface area contributed by atoms with Gasteiger partial charge in [-0.05, 0) is 38.7 Å². The number of fused-ring (bicyclic) bond motifs is 5. The summed E-state index contributed by atoms with van der Waals surface area (Å²) >= 11 is 0. The van der Waals surface area contributed by atoms with Gasteiger partial charge in [0, 0.05) is 118 Å². The molecule has 0 aromatic heterocycles. The number of aliphatic hydroxyl groups is 5. The maximum Gasteiger partial charge on any atom is 0.174 e. The van der Waals surface area contributed by atoms with Gasteiger partial charge in [0.05, 0.1) is 35.9 Å². The smallest absolute Gasteiger partial charge is 0.174 e. The third kappa shape index (κ3) is 4.71. The van der Waals surface area contributed by atoms with Crippen molar-refractivity contribution in [3.8, 4) is 0 Å². The van der Waals surface area contributed by atoms with Gasteiger partial charge in [-0.25, -0.2) is 4.89 Å². The second kappa shape index (κ2) is 11.5. The predicted octanol–water partition coefficient (Wildman–Crippen LogP) is -0.257. The molecular formula is C25H41Ac2NO9. The molecule has 12 atom stereocenters. The topological polar surface area (TPSA) is 183 Å². The summed E-state index contributed by atoms with van der Waals surface area (Å²) in [5.41, 5.74) is 0.846. The maximum atomic E-state index is 14.0. The zero-order chi connectivity index (χ0) is 26.5. The number of nitrogens with two attached hydrogens (primary N) is 1. The van der Waals surface area contributed by atoms with Crippen molar-refractivity contribution < 1.29 is 133 Å². The normalized spacial score (nSPS) is 47.0. The minimum atomic E-state index is -1.69. The van der Waals surface area contributed by atoms with Crippen molar-refractivity contribution in [2.24, 2.45) is 34.3 Å². The summed E-state index contributed by atoms with van der Waals surface area (Å²) in [4.78, 5) is 18.7. The Balaban J connectivity index is 0.00000241. The molecule has 10 unspecified atom stereocenters. The molecule has 8 N–H and O–H groups in total. The third-order valence-electron chi connectivity index (χ3n) is 10.4. The molecule has 206 valence electrons. The Labute approximate surface area is 289 Å². The van der Waals surface area contributed by atoms with Crippen LogP contribution in [0.4, 0.5) is 0 Å². The zero-order valence-corrected chi connectivity index (χ0v) is 31.9. The Kier molecular flexibility index (Phi) is 11.0. The Hall–Kier alpha value is 1.93. The van der Waals surface area contributed by atoms with E-state index in [1.54, 1.807) is 41.5 Å². The van der Waals surface area contributed by atoms with Gasteiger partial charge < -0.3 is 36.0 Å². The fourth-order valence-electron chi connectivity index (χ4n) is 8.10. The van der Waals surface area contributed by atoms with Crippen LogP contribution in [0.2, 0.25) is 0 Å². The standard InChI is InChI=1S/C25H41NO9.2Ac/c1-10-13(19(35-33)17(28)12(3)26)8-25(32)11(2)20-23(6,14(27)7-15-24(20,31)9-34-15)21(30)18(29)16(10)22(25,4)5;;/h11-15,17-20,27-29,31-33H,7-9,26H2,1-6H3;;/t11?,12?,13?,14?,15?,17?,18?,19-,20?,23-,24?,25?;;/m1../s1. The summed E-state index contributed by atoms with van der Waals surface area (Å²) in [6.07, 6.45) is -6.07. The van der Waals surface area contributed by atoms with Gasteiger partial charge in [0.1, 0.15) is 17.8 Å². The molecular weight excluding hydrogens is 912 g/mol. The van der Waals surface area contributed by atoms with E-state index in [0.29, 0.717) is 5.57 Å². The predicted molar refractivity (Wildman–Crippen MR) is 124 cm³/mol. The van der Waals surface area contributed by atoms with Crippen molar-refractivity contribution >= 4 is 5.78 Å². The largest absolute Gasteiger partial charge is 0.392 e. The van der Waals surface area contributed by atoms with E-state index >= 15 is 0 Å². The van der Waals surface area contributed by atoms with Crippen molar-refractivity contribution in [1.29, 1.82) is 0 Å². The van der Waals surface area contributed by atoms with E-state index in [-0.39, 0.29) is 113 Å². The van der Waals surface area contributed by atoms with Crippen LogP contribution in [0, 0.1) is 117 Å². The van der Waals surface area contributed by atoms with Crippen LogP contribution in [-0.4, -0.2) is 90.9 Å². The van der Waals surface area contributed by atoms with E-state index in [1.807, 2.05) is 0 Å². The molecule has 1 aliphatic heterocycles. The molecule has 2 saturated carbocycles. The molecule has 3 aliphatic carbocycles. The molecule has 4 aliphatic rings. The van der Waals surface area contributed by atoms with Gasteiger partial charge in [-0.15, -0.1) is 0 Å². The zero-order valence-electron chi connectivity index (χ0n) is 22.5. The molecule has 0 aromatic carbocycles. The summed E-state index contributed by atoms with van der Waals surface area (Å²) in [5.74, 6) is -3.13. The molecule has 1 heterocycles. The SMILES string of the molecule is CC1=C2C(O)C(=O)[C@]3(C)C(O)CC4OCC4(O)C3C(C)C(O)(CC1[C@@H](OO)C(O)C(C)N)C2(C)C.[Ac].[Ac]. The number of carbonyl (C=O) groups is 1. The Morgan fingerprint density at radius 1 is 1.16 bits per heavy atom. The molecule has 1 saturated heterocycles. The minimum Gasteiger partial charge on any atom is -0.392 e. The average molecular weight is 954 g/mol. The van der Waals surface area contributed by atoms with E-state index in [2.05, 4.69) is 0 Å². The summed E-state index contributed by atoms with van der Waals surface area (Å²) in [6.45, 7) is 9.98. The number of ether oxygens (including phenoxy) is 1. The molecule has 12 heteroatoms. The molecule has 0 spiro atoms. The van der Waals surface area contributed by atoms with Crippen LogP contribution in [0.5, 0.6) is 0 Å². The molecule has 10 nitrogen and oxygen atoms in total. The second-order valence-electron chi connectivity index (χ2n) is 12.2. The van der Waals surface area contributed by atoms with E-state index in [4.69, 9.17) is 15.4 Å². The van der Waals surface area contributed by atoms with Gasteiger partial charge in [-0.3, -0.25) is 10.1 Å². The molecule has 3 fully saturated rings. The van der Waals surface area contributed by atoms with E-state index < -0.39 is 82.1 Å². The van der Waals surface area contributed by atoms with Crippen LogP contribution in [0.1, 0.15) is 54.4 Å². The van der Waals surface area contributed by atoms with Gasteiger partial charge in [-0.2, -0.15) is 0 Å². The average Bonchev–Trinajstić information content (AvgIpc) is 2.77. The Bertz CT molecular complexity index is 932. The molecule has 37 heavy (non-hydrogen) atoms. The number of rotatable bonds is 4. The number of hydrogen-bond acceptors (Lipinski definition) is 10. The van der Waals surface area contributed by atoms with Crippen molar-refractivity contribution in [2.45, 2.75) is 102 Å². The molecule has 2 bridgehead atoms. The second-order valence-corrected chi connectivity index (χ2v) is 12.2. The number of hydrogen-bond donors (Lipinski definition) is 7. The van der Waals surface area contributed by atoms with Crippen LogP contribution in [0.15, 0.2) is 11.1 Å². The number of carbonyl (C=O) groups excluding carboxylic acids is 1. The molecule has 0 aromatic rings. The fourth-order valence-corrected chi connectivity index (χ4v) is 8.10. The molecule has 0 amide bonds. The van der Waals surface area contributed by atoms with E-state index in [9.17, 15) is 35.6 Å². The first kappa shape index (κ1) is 35.1. The summed E-state index contributed by atoms with van der Waals surface area (Å²) in [5, 5.41) is 67.4. The number of ketones is 1. The first-order chi connectivity index (χ1) is 16.0. The van der Waals surface area contributed by atoms with Crippen molar-refractivity contribution in [2.75, 3.05) is 6.61 Å². The van der Waals surface area contributed by atoms with Gasteiger partial charge in [0.25, 0.3) is 0 Å². The van der Waals surface area contributed by atoms with E-state index in [0.717, 1.165) is 0 Å². The summed E-state index contributed by atoms with van der Waals surface area (Å²) < 4.78 is 5.55. The summed E-state index contributed by atoms with van der Waals surface area (Å²) in [6, 6.07) is -0.770.